The first kappa shape index (κ1) is 21.3. The number of nitrogens with zero attached hydrogens (tertiary/aromatic N) is 5. The second-order valence-electron chi connectivity index (χ2n) is 6.19. The smallest absolute Gasteiger partial charge is 0.327 e. The van der Waals surface area contributed by atoms with Crippen LogP contribution in [0.3, 0.4) is 0 Å². The Bertz CT molecular complexity index is 1110. The van der Waals surface area contributed by atoms with Crippen LogP contribution in [-0.4, -0.2) is 43.6 Å². The van der Waals surface area contributed by atoms with Crippen LogP contribution >= 0.6 is 0 Å². The molecule has 31 heavy (non-hydrogen) atoms. The summed E-state index contributed by atoms with van der Waals surface area (Å²) in [6.07, 6.45) is 1.55. The third-order valence-corrected chi connectivity index (χ3v) is 4.06. The third-order valence-electron chi connectivity index (χ3n) is 4.06. The molecule has 0 radical (unpaired) electrons. The van der Waals surface area contributed by atoms with Crippen molar-refractivity contribution in [3.05, 3.63) is 81.7 Å². The van der Waals surface area contributed by atoms with E-state index in [-0.39, 0.29) is 30.4 Å². The summed E-state index contributed by atoms with van der Waals surface area (Å²) in [5.41, 5.74) is 1.09. The van der Waals surface area contributed by atoms with Crippen LogP contribution in [0.15, 0.2) is 54.6 Å². The predicted molar refractivity (Wildman–Crippen MR) is 109 cm³/mol. The number of benzene rings is 2. The fourth-order valence-corrected chi connectivity index (χ4v) is 2.63. The highest BCUT2D eigenvalue weighted by Crippen LogP contribution is 2.18. The molecule has 1 heterocycles. The number of rotatable bonds is 8. The first-order valence-electron chi connectivity index (χ1n) is 9.22. The third kappa shape index (κ3) is 5.56. The minimum Gasteiger partial charge on any atom is -0.465 e. The van der Waals surface area contributed by atoms with Gasteiger partial charge in [0, 0.05) is 17.7 Å². The number of carbonyl (C=O) groups excluding carboxylic acids is 2. The first-order chi connectivity index (χ1) is 15.0. The van der Waals surface area contributed by atoms with Crippen molar-refractivity contribution >= 4 is 29.3 Å². The molecular weight excluding hydrogens is 404 g/mol. The van der Waals surface area contributed by atoms with E-state index in [1.54, 1.807) is 43.3 Å². The molecule has 0 fully saturated rings. The monoisotopic (exact) mass is 422 g/mol. The van der Waals surface area contributed by atoms with Crippen molar-refractivity contribution in [2.75, 3.05) is 6.61 Å². The van der Waals surface area contributed by atoms with Gasteiger partial charge in [0.25, 0.3) is 11.6 Å². The van der Waals surface area contributed by atoms with E-state index in [9.17, 15) is 19.7 Å². The van der Waals surface area contributed by atoms with E-state index in [0.29, 0.717) is 11.1 Å². The molecule has 0 bridgehead atoms. The summed E-state index contributed by atoms with van der Waals surface area (Å²) in [5.74, 6) is -0.838. The highest BCUT2D eigenvalue weighted by molar-refractivity contribution is 6.01. The molecule has 0 aliphatic heterocycles. The van der Waals surface area contributed by atoms with Gasteiger partial charge in [-0.3, -0.25) is 19.7 Å². The Hall–Kier alpha value is -4.41. The van der Waals surface area contributed by atoms with Crippen molar-refractivity contribution in [2.45, 2.75) is 13.5 Å². The van der Waals surface area contributed by atoms with Crippen LogP contribution < -0.4 is 5.32 Å². The van der Waals surface area contributed by atoms with Gasteiger partial charge in [-0.05, 0) is 53.3 Å². The molecule has 3 rings (SSSR count). The number of nitrogens with one attached hydrogen (secondary N) is 1. The molecule has 0 aliphatic carbocycles. The quantitative estimate of drug-likeness (QED) is 0.330. The lowest BCUT2D eigenvalue weighted by molar-refractivity contribution is -0.384. The molecule has 3 aromatic rings. The summed E-state index contributed by atoms with van der Waals surface area (Å²) >= 11 is 0. The Labute approximate surface area is 176 Å². The van der Waals surface area contributed by atoms with Crippen LogP contribution in [0.2, 0.25) is 0 Å². The molecule has 158 valence electrons. The number of hydrogen-bond donors (Lipinski definition) is 1. The minimum atomic E-state index is -0.542. The zero-order valence-corrected chi connectivity index (χ0v) is 16.5. The molecule has 11 heteroatoms. The van der Waals surface area contributed by atoms with Gasteiger partial charge < -0.3 is 10.1 Å². The van der Waals surface area contributed by atoms with Crippen LogP contribution in [0.5, 0.6) is 0 Å². The van der Waals surface area contributed by atoms with E-state index in [1.807, 2.05) is 0 Å². The molecule has 0 spiro atoms. The van der Waals surface area contributed by atoms with E-state index in [4.69, 9.17) is 4.74 Å². The van der Waals surface area contributed by atoms with E-state index in [0.717, 1.165) is 0 Å². The number of hydrogen-bond acceptors (Lipinski definition) is 8. The van der Waals surface area contributed by atoms with E-state index < -0.39 is 16.8 Å². The number of aromatic nitrogens is 4. The molecule has 1 aromatic heterocycles. The molecule has 11 nitrogen and oxygen atoms in total. The van der Waals surface area contributed by atoms with Gasteiger partial charge in [0.15, 0.2) is 5.82 Å². The molecule has 0 saturated heterocycles. The van der Waals surface area contributed by atoms with E-state index in [2.05, 4.69) is 20.8 Å². The molecule has 0 saturated carbocycles. The van der Waals surface area contributed by atoms with Crippen LogP contribution in [0.25, 0.3) is 11.8 Å². The van der Waals surface area contributed by atoms with Gasteiger partial charge in [-0.2, -0.15) is 0 Å². The fraction of sp³-hybridized carbons (Fsp3) is 0.150. The summed E-state index contributed by atoms with van der Waals surface area (Å²) in [7, 11) is 0. The molecule has 0 aliphatic rings. The summed E-state index contributed by atoms with van der Waals surface area (Å²) in [6.45, 7) is 1.62. The van der Waals surface area contributed by atoms with Crippen molar-refractivity contribution in [2.24, 2.45) is 0 Å². The Balaban J connectivity index is 1.97. The lowest BCUT2D eigenvalue weighted by atomic mass is 10.1. The second-order valence-corrected chi connectivity index (χ2v) is 6.19. The Morgan fingerprint density at radius 2 is 1.87 bits per heavy atom. The maximum absolute atomic E-state index is 12.7. The van der Waals surface area contributed by atoms with Crippen LogP contribution in [0, 0.1) is 10.1 Å². The Morgan fingerprint density at radius 3 is 2.52 bits per heavy atom. The molecule has 1 amide bonds. The lowest BCUT2D eigenvalue weighted by Gasteiger charge is -2.11. The van der Waals surface area contributed by atoms with Gasteiger partial charge in [0.05, 0.1) is 17.2 Å². The second kappa shape index (κ2) is 9.87. The lowest BCUT2D eigenvalue weighted by Crippen LogP contribution is -2.25. The van der Waals surface area contributed by atoms with Crippen molar-refractivity contribution in [3.8, 4) is 0 Å². The van der Waals surface area contributed by atoms with Gasteiger partial charge in [0.1, 0.15) is 6.54 Å². The van der Waals surface area contributed by atoms with Gasteiger partial charge >= 0.3 is 5.97 Å². The summed E-state index contributed by atoms with van der Waals surface area (Å²) in [6, 6.07) is 14.2. The minimum absolute atomic E-state index is 0.0702. The normalized spacial score (nSPS) is 11.1. The average molecular weight is 422 g/mol. The molecule has 0 atom stereocenters. The number of nitro groups is 1. The Morgan fingerprint density at radius 1 is 1.16 bits per heavy atom. The number of tetrazole rings is 1. The standard InChI is InChI=1S/C20H18N6O5/c1-2-31-18(27)13-25-19(22-23-24-25)17(21-20(28)15-6-4-3-5-7-15)12-14-8-10-16(11-9-14)26(29)30/h3-12H,2,13H2,1H3,(H,21,28)/b17-12-. The van der Waals surface area contributed by atoms with Crippen LogP contribution in [-0.2, 0) is 16.1 Å². The van der Waals surface area contributed by atoms with E-state index >= 15 is 0 Å². The van der Waals surface area contributed by atoms with Crippen LogP contribution in [0.4, 0.5) is 5.69 Å². The number of nitro benzene ring substituents is 1. The van der Waals surface area contributed by atoms with Gasteiger partial charge in [-0.25, -0.2) is 4.68 Å². The number of amides is 1. The van der Waals surface area contributed by atoms with Crippen molar-refractivity contribution in [3.63, 3.8) is 0 Å². The number of non-ortho nitro benzene ring substituents is 1. The number of esters is 1. The summed E-state index contributed by atoms with van der Waals surface area (Å²) in [4.78, 5) is 35.0. The predicted octanol–water partition coefficient (Wildman–Crippen LogP) is 2.07. The maximum Gasteiger partial charge on any atom is 0.327 e. The molecular formula is C20H18N6O5. The van der Waals surface area contributed by atoms with E-state index in [1.165, 1.54) is 28.9 Å². The SMILES string of the molecule is CCOC(=O)Cn1nnnc1/C(=C/c1ccc([N+](=O)[O-])cc1)NC(=O)c1ccccc1. The highest BCUT2D eigenvalue weighted by atomic mass is 16.6. The summed E-state index contributed by atoms with van der Waals surface area (Å²) in [5, 5.41) is 24.9. The fourth-order valence-electron chi connectivity index (χ4n) is 2.63. The maximum atomic E-state index is 12.7. The van der Waals surface area contributed by atoms with Crippen molar-refractivity contribution in [1.82, 2.24) is 25.5 Å². The van der Waals surface area contributed by atoms with Gasteiger partial charge in [-0.15, -0.1) is 5.10 Å². The average Bonchev–Trinajstić information content (AvgIpc) is 3.22. The molecule has 2 aromatic carbocycles. The Kier molecular flexibility index (Phi) is 6.78. The van der Waals surface area contributed by atoms with Crippen molar-refractivity contribution < 1.29 is 19.2 Å². The number of carbonyl (C=O) groups is 2. The molecule has 0 unspecified atom stereocenters. The summed E-state index contributed by atoms with van der Waals surface area (Å²) < 4.78 is 6.12. The van der Waals surface area contributed by atoms with Gasteiger partial charge in [0.2, 0.25) is 0 Å². The molecule has 1 N–H and O–H groups in total. The largest absolute Gasteiger partial charge is 0.465 e. The van der Waals surface area contributed by atoms with Crippen molar-refractivity contribution in [1.29, 1.82) is 0 Å². The highest BCUT2D eigenvalue weighted by Gasteiger charge is 2.18. The zero-order chi connectivity index (χ0) is 22.2. The zero-order valence-electron chi connectivity index (χ0n) is 16.5. The topological polar surface area (TPSA) is 142 Å². The van der Waals surface area contributed by atoms with Crippen LogP contribution in [0.1, 0.15) is 28.7 Å². The first-order valence-corrected chi connectivity index (χ1v) is 9.22. The number of ether oxygens (including phenoxy) is 1. The van der Waals surface area contributed by atoms with Gasteiger partial charge in [-0.1, -0.05) is 18.2 Å².